The van der Waals surface area contributed by atoms with Crippen molar-refractivity contribution in [3.05, 3.63) is 46.8 Å². The molecule has 0 bridgehead atoms. The number of nitrogens with zero attached hydrogens (tertiary/aromatic N) is 2. The monoisotopic (exact) mass is 326 g/mol. The van der Waals surface area contributed by atoms with E-state index < -0.39 is 0 Å². The summed E-state index contributed by atoms with van der Waals surface area (Å²) < 4.78 is 0. The first kappa shape index (κ1) is 16.0. The number of hydrogen-bond donors (Lipinski definition) is 4. The van der Waals surface area contributed by atoms with E-state index in [0.29, 0.717) is 48.7 Å². The Bertz CT molecular complexity index is 739. The van der Waals surface area contributed by atoms with E-state index in [0.717, 1.165) is 0 Å². The van der Waals surface area contributed by atoms with Crippen LogP contribution in [0.25, 0.3) is 0 Å². The van der Waals surface area contributed by atoms with Crippen LogP contribution in [0.1, 0.15) is 31.8 Å². The maximum atomic E-state index is 12.9. The number of nitrogens with two attached hydrogens (primary N) is 2. The van der Waals surface area contributed by atoms with Crippen molar-refractivity contribution in [3.8, 4) is 0 Å². The van der Waals surface area contributed by atoms with Crippen LogP contribution in [0.3, 0.4) is 0 Å². The van der Waals surface area contributed by atoms with E-state index in [2.05, 4.69) is 20.8 Å². The molecule has 0 amide bonds. The maximum absolute atomic E-state index is 12.9. The molecule has 1 aliphatic carbocycles. The fourth-order valence-electron chi connectivity index (χ4n) is 2.74. The Morgan fingerprint density at radius 2 is 1.21 bits per heavy atom. The lowest BCUT2D eigenvalue weighted by Crippen LogP contribution is -2.26. The third kappa shape index (κ3) is 2.61. The summed E-state index contributed by atoms with van der Waals surface area (Å²) in [7, 11) is 0. The molecule has 0 fully saturated rings. The summed E-state index contributed by atoms with van der Waals surface area (Å²) in [6.07, 6.45) is 2.65. The van der Waals surface area contributed by atoms with Gasteiger partial charge in [-0.25, -0.2) is 0 Å². The molecule has 1 aliphatic rings. The Kier molecular flexibility index (Phi) is 4.50. The Morgan fingerprint density at radius 3 is 1.58 bits per heavy atom. The van der Waals surface area contributed by atoms with Crippen LogP contribution >= 0.6 is 0 Å². The first-order valence-corrected chi connectivity index (χ1v) is 7.64. The van der Waals surface area contributed by atoms with Crippen LogP contribution in [-0.4, -0.2) is 47.9 Å². The molecule has 0 saturated heterocycles. The van der Waals surface area contributed by atoms with Gasteiger partial charge in [-0.2, -0.15) is 10.2 Å². The molecule has 6 N–H and O–H groups in total. The number of carbonyl (C=O) groups is 2. The minimum absolute atomic E-state index is 0.259. The second-order valence-corrected chi connectivity index (χ2v) is 5.32. The largest absolute Gasteiger partial charge is 0.383 e. The quantitative estimate of drug-likeness (QED) is 0.497. The Labute approximate surface area is 138 Å². The summed E-state index contributed by atoms with van der Waals surface area (Å²) >= 11 is 0. The highest BCUT2D eigenvalue weighted by Crippen LogP contribution is 2.35. The fraction of sp³-hybridized carbons (Fsp3) is 0.250. The van der Waals surface area contributed by atoms with Crippen molar-refractivity contribution in [2.45, 2.75) is 0 Å². The average Bonchev–Trinajstić information content (AvgIpc) is 2.62. The third-order valence-corrected chi connectivity index (χ3v) is 3.80. The van der Waals surface area contributed by atoms with Crippen molar-refractivity contribution in [2.75, 3.05) is 36.8 Å². The van der Waals surface area contributed by atoms with Crippen molar-refractivity contribution >= 4 is 22.9 Å². The number of carbonyl (C=O) groups excluding carboxylic acids is 2. The van der Waals surface area contributed by atoms with Gasteiger partial charge >= 0.3 is 0 Å². The molecule has 24 heavy (non-hydrogen) atoms. The van der Waals surface area contributed by atoms with E-state index in [1.165, 1.54) is 12.4 Å². The van der Waals surface area contributed by atoms with Gasteiger partial charge in [0.15, 0.2) is 11.6 Å². The topological polar surface area (TPSA) is 136 Å². The molecule has 1 heterocycles. The lowest BCUT2D eigenvalue weighted by molar-refractivity contribution is 0.0979. The number of fused-ring (bicyclic) bond motifs is 2. The summed E-state index contributed by atoms with van der Waals surface area (Å²) in [5.74, 6) is -0.518. The van der Waals surface area contributed by atoms with Gasteiger partial charge in [-0.1, -0.05) is 0 Å². The van der Waals surface area contributed by atoms with Gasteiger partial charge in [0.1, 0.15) is 0 Å². The second kappa shape index (κ2) is 6.73. The highest BCUT2D eigenvalue weighted by molar-refractivity contribution is 6.31. The molecule has 8 nitrogen and oxygen atoms in total. The van der Waals surface area contributed by atoms with Gasteiger partial charge in [0, 0.05) is 37.6 Å². The summed E-state index contributed by atoms with van der Waals surface area (Å²) in [6.45, 7) is 1.80. The molecule has 0 saturated carbocycles. The van der Waals surface area contributed by atoms with Crippen LogP contribution in [0.15, 0.2) is 24.5 Å². The summed E-state index contributed by atoms with van der Waals surface area (Å²) in [6, 6.07) is 3.52. The number of ketones is 2. The highest BCUT2D eigenvalue weighted by atomic mass is 16.1. The zero-order valence-electron chi connectivity index (χ0n) is 13.0. The van der Waals surface area contributed by atoms with Crippen molar-refractivity contribution < 1.29 is 9.59 Å². The molecule has 0 spiro atoms. The molecule has 1 aromatic heterocycles. The molecule has 0 aliphatic heterocycles. The number of anilines is 2. The fourth-order valence-corrected chi connectivity index (χ4v) is 2.74. The SMILES string of the molecule is NCCNc1ccc(NCCN)c2c1C(=O)c1cnncc1C2=O. The number of benzene rings is 1. The zero-order chi connectivity index (χ0) is 17.1. The van der Waals surface area contributed by atoms with Gasteiger partial charge < -0.3 is 22.1 Å². The van der Waals surface area contributed by atoms with Crippen LogP contribution in [-0.2, 0) is 0 Å². The van der Waals surface area contributed by atoms with Crippen LogP contribution in [0, 0.1) is 0 Å². The van der Waals surface area contributed by atoms with Gasteiger partial charge in [0.25, 0.3) is 0 Å². The standard InChI is InChI=1S/C16H18N6O2/c17-3-5-19-11-1-2-12(20-6-4-18)14-13(11)15(23)9-7-21-22-8-10(9)16(14)24/h1-2,7-8,19-20H,3-6,17-18H2. The summed E-state index contributed by atoms with van der Waals surface area (Å²) in [5, 5.41) is 13.7. The van der Waals surface area contributed by atoms with Crippen molar-refractivity contribution in [3.63, 3.8) is 0 Å². The maximum Gasteiger partial charge on any atom is 0.198 e. The smallest absolute Gasteiger partial charge is 0.198 e. The van der Waals surface area contributed by atoms with E-state index in [1.807, 2.05) is 0 Å². The molecule has 8 heteroatoms. The number of nitrogens with one attached hydrogen (secondary N) is 2. The van der Waals surface area contributed by atoms with Crippen LogP contribution < -0.4 is 22.1 Å². The van der Waals surface area contributed by atoms with E-state index >= 15 is 0 Å². The first-order chi connectivity index (χ1) is 11.7. The molecule has 0 radical (unpaired) electrons. The van der Waals surface area contributed by atoms with Gasteiger partial charge in [-0.05, 0) is 12.1 Å². The van der Waals surface area contributed by atoms with Gasteiger partial charge in [0.2, 0.25) is 0 Å². The van der Waals surface area contributed by atoms with Crippen LogP contribution in [0.5, 0.6) is 0 Å². The Hall–Kier alpha value is -2.84. The van der Waals surface area contributed by atoms with Crippen LogP contribution in [0.2, 0.25) is 0 Å². The van der Waals surface area contributed by atoms with E-state index in [-0.39, 0.29) is 22.7 Å². The summed E-state index contributed by atoms with van der Waals surface area (Å²) in [5.41, 5.74) is 13.4. The lowest BCUT2D eigenvalue weighted by Gasteiger charge is -2.23. The molecule has 1 aromatic carbocycles. The van der Waals surface area contributed by atoms with Crippen LogP contribution in [0.4, 0.5) is 11.4 Å². The molecular formula is C16H18N6O2. The molecule has 2 aromatic rings. The number of aromatic nitrogens is 2. The minimum Gasteiger partial charge on any atom is -0.383 e. The van der Waals surface area contributed by atoms with Crippen molar-refractivity contribution in [2.24, 2.45) is 11.5 Å². The normalized spacial score (nSPS) is 12.6. The molecule has 124 valence electrons. The van der Waals surface area contributed by atoms with Gasteiger partial charge in [0.05, 0.1) is 34.6 Å². The first-order valence-electron chi connectivity index (χ1n) is 7.64. The van der Waals surface area contributed by atoms with E-state index in [9.17, 15) is 9.59 Å². The van der Waals surface area contributed by atoms with E-state index in [1.54, 1.807) is 12.1 Å². The zero-order valence-corrected chi connectivity index (χ0v) is 13.0. The highest BCUT2D eigenvalue weighted by Gasteiger charge is 2.34. The second-order valence-electron chi connectivity index (χ2n) is 5.32. The Balaban J connectivity index is 2.18. The third-order valence-electron chi connectivity index (χ3n) is 3.80. The predicted molar refractivity (Wildman–Crippen MR) is 90.4 cm³/mol. The van der Waals surface area contributed by atoms with Gasteiger partial charge in [-0.3, -0.25) is 9.59 Å². The molecule has 3 rings (SSSR count). The lowest BCUT2D eigenvalue weighted by atomic mass is 9.83. The van der Waals surface area contributed by atoms with Crippen molar-refractivity contribution in [1.82, 2.24) is 10.2 Å². The molecule has 0 unspecified atom stereocenters. The molecule has 0 atom stereocenters. The predicted octanol–water partition coefficient (Wildman–Crippen LogP) is -0.00680. The molecular weight excluding hydrogens is 308 g/mol. The average molecular weight is 326 g/mol. The Morgan fingerprint density at radius 1 is 0.792 bits per heavy atom. The number of hydrogen-bond acceptors (Lipinski definition) is 8. The van der Waals surface area contributed by atoms with Gasteiger partial charge in [-0.15, -0.1) is 0 Å². The number of rotatable bonds is 6. The summed E-state index contributed by atoms with van der Waals surface area (Å²) in [4.78, 5) is 25.8. The van der Waals surface area contributed by atoms with Crippen molar-refractivity contribution in [1.29, 1.82) is 0 Å². The van der Waals surface area contributed by atoms with E-state index in [4.69, 9.17) is 11.5 Å². The minimum atomic E-state index is -0.259.